The van der Waals surface area contributed by atoms with Crippen molar-refractivity contribution in [1.29, 1.82) is 0 Å². The first-order chi connectivity index (χ1) is 10.5. The predicted octanol–water partition coefficient (Wildman–Crippen LogP) is 4.75. The lowest BCUT2D eigenvalue weighted by molar-refractivity contribution is -0.122. The van der Waals surface area contributed by atoms with Gasteiger partial charge in [-0.15, -0.1) is 0 Å². The highest BCUT2D eigenvalue weighted by Crippen LogP contribution is 2.20. The largest absolute Gasteiger partial charge is 0.481 e. The molecule has 0 fully saturated rings. The molecule has 0 saturated carbocycles. The third-order valence-electron chi connectivity index (χ3n) is 3.53. The van der Waals surface area contributed by atoms with Crippen molar-refractivity contribution in [1.82, 2.24) is 0 Å². The summed E-state index contributed by atoms with van der Waals surface area (Å²) in [4.78, 5) is 12.3. The fraction of sp³-hybridized carbons (Fsp3) is 0.278. The van der Waals surface area contributed by atoms with Gasteiger partial charge in [0.05, 0.1) is 0 Å². The van der Waals surface area contributed by atoms with E-state index in [2.05, 4.69) is 5.32 Å². The molecule has 2 aromatic carbocycles. The van der Waals surface area contributed by atoms with Gasteiger partial charge >= 0.3 is 0 Å². The van der Waals surface area contributed by atoms with E-state index in [1.54, 1.807) is 24.3 Å². The second-order valence-electron chi connectivity index (χ2n) is 5.26. The van der Waals surface area contributed by atoms with Crippen molar-refractivity contribution in [3.05, 3.63) is 58.6 Å². The molecular weight excluding hydrogens is 298 g/mol. The van der Waals surface area contributed by atoms with Gasteiger partial charge in [-0.2, -0.15) is 0 Å². The predicted molar refractivity (Wildman–Crippen MR) is 90.7 cm³/mol. The van der Waals surface area contributed by atoms with E-state index in [9.17, 15) is 4.79 Å². The van der Waals surface area contributed by atoms with E-state index in [1.807, 2.05) is 39.0 Å². The Bertz CT molecular complexity index is 653. The molecule has 0 bridgehead atoms. The Morgan fingerprint density at radius 1 is 1.14 bits per heavy atom. The number of carbonyl (C=O) groups is 1. The number of ether oxygens (including phenoxy) is 1. The molecule has 22 heavy (non-hydrogen) atoms. The summed E-state index contributed by atoms with van der Waals surface area (Å²) in [5, 5.41) is 3.48. The quantitative estimate of drug-likeness (QED) is 0.864. The zero-order valence-electron chi connectivity index (χ0n) is 13.0. The van der Waals surface area contributed by atoms with E-state index >= 15 is 0 Å². The molecule has 0 aliphatic rings. The molecule has 0 spiro atoms. The zero-order chi connectivity index (χ0) is 16.1. The fourth-order valence-electron chi connectivity index (χ4n) is 2.03. The maximum Gasteiger partial charge on any atom is 0.265 e. The Morgan fingerprint density at radius 2 is 1.82 bits per heavy atom. The van der Waals surface area contributed by atoms with Crippen LogP contribution in [0.3, 0.4) is 0 Å². The van der Waals surface area contributed by atoms with E-state index in [0.29, 0.717) is 22.9 Å². The number of rotatable bonds is 5. The van der Waals surface area contributed by atoms with Crippen molar-refractivity contribution in [3.8, 4) is 5.75 Å². The first-order valence-corrected chi connectivity index (χ1v) is 7.67. The first kappa shape index (κ1) is 16.4. The van der Waals surface area contributed by atoms with Crippen molar-refractivity contribution in [2.45, 2.75) is 33.3 Å². The second kappa shape index (κ2) is 7.32. The molecule has 1 atom stereocenters. The molecule has 0 unspecified atom stereocenters. The summed E-state index contributed by atoms with van der Waals surface area (Å²) in [6.07, 6.45) is 0.0598. The molecule has 116 valence electrons. The maximum atomic E-state index is 12.3. The topological polar surface area (TPSA) is 38.3 Å². The van der Waals surface area contributed by atoms with Gasteiger partial charge in [0, 0.05) is 10.7 Å². The molecule has 0 aliphatic carbocycles. The number of halogens is 1. The number of nitrogens with one attached hydrogen (secondary N) is 1. The van der Waals surface area contributed by atoms with Gasteiger partial charge in [-0.3, -0.25) is 4.79 Å². The first-order valence-electron chi connectivity index (χ1n) is 7.30. The minimum atomic E-state index is -0.530. The third kappa shape index (κ3) is 4.25. The summed E-state index contributed by atoms with van der Waals surface area (Å²) in [7, 11) is 0. The van der Waals surface area contributed by atoms with Gasteiger partial charge in [-0.05, 0) is 67.8 Å². The second-order valence-corrected chi connectivity index (χ2v) is 5.69. The molecule has 0 radical (unpaired) electrons. The fourth-order valence-corrected chi connectivity index (χ4v) is 2.16. The highest BCUT2D eigenvalue weighted by Gasteiger charge is 2.18. The van der Waals surface area contributed by atoms with Crippen molar-refractivity contribution in [2.75, 3.05) is 5.32 Å². The SMILES string of the molecule is CC[C@@H](Oc1ccc(C)c(C)c1)C(=O)Nc1ccc(Cl)cc1. The van der Waals surface area contributed by atoms with Crippen LogP contribution in [0.15, 0.2) is 42.5 Å². The zero-order valence-corrected chi connectivity index (χ0v) is 13.8. The van der Waals surface area contributed by atoms with E-state index in [4.69, 9.17) is 16.3 Å². The summed E-state index contributed by atoms with van der Waals surface area (Å²) >= 11 is 5.84. The van der Waals surface area contributed by atoms with E-state index < -0.39 is 6.10 Å². The van der Waals surface area contributed by atoms with Crippen molar-refractivity contribution in [3.63, 3.8) is 0 Å². The molecule has 0 heterocycles. The Balaban J connectivity index is 2.05. The lowest BCUT2D eigenvalue weighted by Crippen LogP contribution is -2.32. The van der Waals surface area contributed by atoms with Gasteiger partial charge < -0.3 is 10.1 Å². The average Bonchev–Trinajstić information content (AvgIpc) is 2.50. The van der Waals surface area contributed by atoms with Crippen LogP contribution in [-0.2, 0) is 4.79 Å². The number of aryl methyl sites for hydroxylation is 2. The number of anilines is 1. The number of benzene rings is 2. The molecule has 2 aromatic rings. The summed E-state index contributed by atoms with van der Waals surface area (Å²) in [5.74, 6) is 0.546. The molecule has 1 N–H and O–H groups in total. The van der Waals surface area contributed by atoms with E-state index in [0.717, 1.165) is 5.56 Å². The van der Waals surface area contributed by atoms with Gasteiger partial charge in [0.2, 0.25) is 0 Å². The normalized spacial score (nSPS) is 11.8. The Hall–Kier alpha value is -2.00. The van der Waals surface area contributed by atoms with Crippen LogP contribution < -0.4 is 10.1 Å². The summed E-state index contributed by atoms with van der Waals surface area (Å²) < 4.78 is 5.82. The maximum absolute atomic E-state index is 12.3. The van der Waals surface area contributed by atoms with Crippen molar-refractivity contribution in [2.24, 2.45) is 0 Å². The molecule has 0 saturated heterocycles. The van der Waals surface area contributed by atoms with Gasteiger partial charge in [0.1, 0.15) is 5.75 Å². The molecule has 2 rings (SSSR count). The number of hydrogen-bond acceptors (Lipinski definition) is 2. The Morgan fingerprint density at radius 3 is 2.41 bits per heavy atom. The lowest BCUT2D eigenvalue weighted by Gasteiger charge is -2.18. The van der Waals surface area contributed by atoms with E-state index in [1.165, 1.54) is 5.56 Å². The Kier molecular flexibility index (Phi) is 5.45. The summed E-state index contributed by atoms with van der Waals surface area (Å²) in [5.41, 5.74) is 3.05. The van der Waals surface area contributed by atoms with Crippen molar-refractivity contribution < 1.29 is 9.53 Å². The van der Waals surface area contributed by atoms with Crippen molar-refractivity contribution >= 4 is 23.2 Å². The molecular formula is C18H20ClNO2. The smallest absolute Gasteiger partial charge is 0.265 e. The van der Waals surface area contributed by atoms with Gasteiger partial charge in [0.15, 0.2) is 6.10 Å². The Labute approximate surface area is 136 Å². The molecule has 0 aliphatic heterocycles. The highest BCUT2D eigenvalue weighted by atomic mass is 35.5. The summed E-state index contributed by atoms with van der Waals surface area (Å²) in [6, 6.07) is 12.8. The van der Waals surface area contributed by atoms with Crippen LogP contribution in [-0.4, -0.2) is 12.0 Å². The molecule has 4 heteroatoms. The monoisotopic (exact) mass is 317 g/mol. The molecule has 0 aromatic heterocycles. The minimum Gasteiger partial charge on any atom is -0.481 e. The summed E-state index contributed by atoms with van der Waals surface area (Å²) in [6.45, 7) is 5.99. The van der Waals surface area contributed by atoms with Crippen LogP contribution in [0.1, 0.15) is 24.5 Å². The number of carbonyl (C=O) groups excluding carboxylic acids is 1. The van der Waals surface area contributed by atoms with Crippen LogP contribution >= 0.6 is 11.6 Å². The van der Waals surface area contributed by atoms with Gasteiger partial charge in [0.25, 0.3) is 5.91 Å². The van der Waals surface area contributed by atoms with Crippen LogP contribution in [0.5, 0.6) is 5.75 Å². The highest BCUT2D eigenvalue weighted by molar-refractivity contribution is 6.30. The average molecular weight is 318 g/mol. The standard InChI is InChI=1S/C18H20ClNO2/c1-4-17(22-16-10-5-12(2)13(3)11-16)18(21)20-15-8-6-14(19)7-9-15/h5-11,17H,4H2,1-3H3,(H,20,21)/t17-/m1/s1. The van der Waals surface area contributed by atoms with Crippen LogP contribution in [0.4, 0.5) is 5.69 Å². The third-order valence-corrected chi connectivity index (χ3v) is 3.78. The number of hydrogen-bond donors (Lipinski definition) is 1. The van der Waals surface area contributed by atoms with Crippen LogP contribution in [0.2, 0.25) is 5.02 Å². The van der Waals surface area contributed by atoms with Crippen LogP contribution in [0, 0.1) is 13.8 Å². The number of amides is 1. The van der Waals surface area contributed by atoms with E-state index in [-0.39, 0.29) is 5.91 Å². The molecule has 1 amide bonds. The van der Waals surface area contributed by atoms with Gasteiger partial charge in [-0.25, -0.2) is 0 Å². The molecule has 3 nitrogen and oxygen atoms in total. The lowest BCUT2D eigenvalue weighted by atomic mass is 10.1. The minimum absolute atomic E-state index is 0.164. The van der Waals surface area contributed by atoms with Crippen LogP contribution in [0.25, 0.3) is 0 Å². The van der Waals surface area contributed by atoms with Gasteiger partial charge in [-0.1, -0.05) is 24.6 Å².